The van der Waals surface area contributed by atoms with E-state index in [1.54, 1.807) is 6.07 Å². The van der Waals surface area contributed by atoms with Crippen molar-refractivity contribution < 1.29 is 8.42 Å². The van der Waals surface area contributed by atoms with E-state index >= 15 is 0 Å². The Bertz CT molecular complexity index is 573. The predicted molar refractivity (Wildman–Crippen MR) is 81.1 cm³/mol. The van der Waals surface area contributed by atoms with Crippen LogP contribution in [0.3, 0.4) is 0 Å². The number of rotatable bonds is 6. The molecule has 0 amide bonds. The third kappa shape index (κ3) is 4.70. The summed E-state index contributed by atoms with van der Waals surface area (Å²) >= 11 is 10.7. The average molecular weight is 322 g/mol. The number of halogens is 1. The van der Waals surface area contributed by atoms with E-state index in [9.17, 15) is 8.42 Å². The first-order valence-corrected chi connectivity index (χ1v) is 7.74. The minimum Gasteiger partial charge on any atom is -0.389 e. The molecule has 0 aliphatic rings. The van der Waals surface area contributed by atoms with Gasteiger partial charge in [-0.3, -0.25) is 0 Å². The summed E-state index contributed by atoms with van der Waals surface area (Å²) in [5, 5.41) is 0.136. The van der Waals surface area contributed by atoms with Gasteiger partial charge in [-0.1, -0.05) is 29.9 Å². The molecule has 8 heteroatoms. The van der Waals surface area contributed by atoms with Gasteiger partial charge < -0.3 is 10.6 Å². The first-order chi connectivity index (χ1) is 8.74. The molecule has 0 unspecified atom stereocenters. The third-order valence-corrected chi connectivity index (χ3v) is 4.53. The first-order valence-electron chi connectivity index (χ1n) is 5.48. The van der Waals surface area contributed by atoms with Crippen molar-refractivity contribution in [3.63, 3.8) is 0 Å². The molecule has 0 aliphatic heterocycles. The second-order valence-electron chi connectivity index (χ2n) is 4.21. The second-order valence-corrected chi connectivity index (χ2v) is 6.79. The molecule has 0 bridgehead atoms. The van der Waals surface area contributed by atoms with Crippen LogP contribution in [-0.4, -0.2) is 45.5 Å². The summed E-state index contributed by atoms with van der Waals surface area (Å²) in [5.41, 5.74) is 5.95. The van der Waals surface area contributed by atoms with Crippen molar-refractivity contribution in [2.45, 2.75) is 4.90 Å². The summed E-state index contributed by atoms with van der Waals surface area (Å²) in [6.45, 7) is 0.884. The van der Waals surface area contributed by atoms with Gasteiger partial charge in [-0.05, 0) is 26.2 Å². The molecule has 1 rings (SSSR count). The summed E-state index contributed by atoms with van der Waals surface area (Å²) in [4.78, 5) is 1.98. The highest BCUT2D eigenvalue weighted by Crippen LogP contribution is 2.22. The van der Waals surface area contributed by atoms with Crippen LogP contribution in [0.1, 0.15) is 5.56 Å². The first kappa shape index (κ1) is 16.3. The number of sulfonamides is 1. The van der Waals surface area contributed by atoms with Crippen molar-refractivity contribution in [2.75, 3.05) is 27.2 Å². The Morgan fingerprint density at radius 1 is 1.47 bits per heavy atom. The van der Waals surface area contributed by atoms with Gasteiger partial charge >= 0.3 is 0 Å². The lowest BCUT2D eigenvalue weighted by atomic mass is 10.2. The number of likely N-dealkylation sites (N-methyl/N-ethyl adjacent to an activating group) is 1. The zero-order valence-corrected chi connectivity index (χ0v) is 13.1. The average Bonchev–Trinajstić information content (AvgIpc) is 2.28. The Balaban J connectivity index is 3.00. The van der Waals surface area contributed by atoms with E-state index in [1.165, 1.54) is 12.1 Å². The quantitative estimate of drug-likeness (QED) is 0.759. The number of nitrogens with two attached hydrogens (primary N) is 1. The SMILES string of the molecule is CN(C)CCNS(=O)(=O)c1cc(C(N)=S)ccc1Cl. The van der Waals surface area contributed by atoms with Crippen molar-refractivity contribution in [1.29, 1.82) is 0 Å². The molecule has 19 heavy (non-hydrogen) atoms. The van der Waals surface area contributed by atoms with Crippen molar-refractivity contribution in [3.05, 3.63) is 28.8 Å². The molecule has 0 heterocycles. The summed E-state index contributed by atoms with van der Waals surface area (Å²) < 4.78 is 26.7. The van der Waals surface area contributed by atoms with Gasteiger partial charge in [-0.2, -0.15) is 0 Å². The van der Waals surface area contributed by atoms with Crippen molar-refractivity contribution in [3.8, 4) is 0 Å². The molecule has 0 atom stereocenters. The molecule has 1 aromatic rings. The Hall–Kier alpha value is -0.730. The van der Waals surface area contributed by atoms with Crippen LogP contribution in [0.25, 0.3) is 0 Å². The highest BCUT2D eigenvalue weighted by atomic mass is 35.5. The van der Waals surface area contributed by atoms with Crippen LogP contribution in [0.5, 0.6) is 0 Å². The van der Waals surface area contributed by atoms with E-state index in [-0.39, 0.29) is 14.9 Å². The molecule has 1 aromatic carbocycles. The van der Waals surface area contributed by atoms with Crippen LogP contribution in [0.4, 0.5) is 0 Å². The van der Waals surface area contributed by atoms with E-state index in [0.717, 1.165) is 0 Å². The van der Waals surface area contributed by atoms with Crippen LogP contribution < -0.4 is 10.5 Å². The van der Waals surface area contributed by atoms with Crippen molar-refractivity contribution in [1.82, 2.24) is 9.62 Å². The smallest absolute Gasteiger partial charge is 0.242 e. The third-order valence-electron chi connectivity index (χ3n) is 2.36. The largest absolute Gasteiger partial charge is 0.389 e. The summed E-state index contributed by atoms with van der Waals surface area (Å²) in [7, 11) is 0.0454. The minimum absolute atomic E-state index is 0.0155. The lowest BCUT2D eigenvalue weighted by Gasteiger charge is -2.12. The monoisotopic (exact) mass is 321 g/mol. The van der Waals surface area contributed by atoms with E-state index in [0.29, 0.717) is 18.7 Å². The van der Waals surface area contributed by atoms with Gasteiger partial charge in [0.15, 0.2) is 0 Å². The van der Waals surface area contributed by atoms with Gasteiger partial charge in [0, 0.05) is 18.7 Å². The van der Waals surface area contributed by atoms with Gasteiger partial charge in [0.1, 0.15) is 9.88 Å². The van der Waals surface area contributed by atoms with Gasteiger partial charge in [0.2, 0.25) is 10.0 Å². The Morgan fingerprint density at radius 2 is 2.11 bits per heavy atom. The Morgan fingerprint density at radius 3 is 2.63 bits per heavy atom. The minimum atomic E-state index is -3.67. The molecule has 0 radical (unpaired) electrons. The number of thiocarbonyl (C=S) groups is 1. The van der Waals surface area contributed by atoms with E-state index in [1.807, 2.05) is 19.0 Å². The number of benzene rings is 1. The van der Waals surface area contributed by atoms with Crippen LogP contribution in [0.15, 0.2) is 23.1 Å². The van der Waals surface area contributed by atoms with Gasteiger partial charge in [-0.15, -0.1) is 0 Å². The fraction of sp³-hybridized carbons (Fsp3) is 0.364. The molecule has 0 saturated carbocycles. The summed E-state index contributed by atoms with van der Waals surface area (Å²) in [5.74, 6) is 0. The summed E-state index contributed by atoms with van der Waals surface area (Å²) in [6.07, 6.45) is 0. The van der Waals surface area contributed by atoms with Gasteiger partial charge in [0.05, 0.1) is 5.02 Å². The maximum atomic E-state index is 12.1. The van der Waals surface area contributed by atoms with Crippen LogP contribution >= 0.6 is 23.8 Å². The number of nitrogens with zero attached hydrogens (tertiary/aromatic N) is 1. The van der Waals surface area contributed by atoms with E-state index < -0.39 is 10.0 Å². The summed E-state index contributed by atoms with van der Waals surface area (Å²) in [6, 6.07) is 4.43. The van der Waals surface area contributed by atoms with Crippen LogP contribution in [0, 0.1) is 0 Å². The van der Waals surface area contributed by atoms with E-state index in [4.69, 9.17) is 29.6 Å². The lowest BCUT2D eigenvalue weighted by Crippen LogP contribution is -2.31. The van der Waals surface area contributed by atoms with Crippen LogP contribution in [-0.2, 0) is 10.0 Å². The second kappa shape index (κ2) is 6.62. The molecule has 0 spiro atoms. The van der Waals surface area contributed by atoms with Crippen molar-refractivity contribution in [2.24, 2.45) is 5.73 Å². The maximum Gasteiger partial charge on any atom is 0.242 e. The standard InChI is InChI=1S/C11H16ClN3O2S2/c1-15(2)6-5-14-19(16,17)10-7-8(11(13)18)3-4-9(10)12/h3-4,7,14H,5-6H2,1-2H3,(H2,13,18). The number of hydrogen-bond donors (Lipinski definition) is 2. The fourth-order valence-corrected chi connectivity index (χ4v) is 3.02. The number of nitrogens with one attached hydrogen (secondary N) is 1. The normalized spacial score (nSPS) is 11.8. The van der Waals surface area contributed by atoms with Gasteiger partial charge in [-0.25, -0.2) is 13.1 Å². The molecular weight excluding hydrogens is 306 g/mol. The topological polar surface area (TPSA) is 75.4 Å². The Kier molecular flexibility index (Phi) is 5.69. The molecule has 0 saturated heterocycles. The molecule has 3 N–H and O–H groups in total. The predicted octanol–water partition coefficient (Wildman–Crippen LogP) is 0.814. The molecule has 0 fully saturated rings. The molecule has 106 valence electrons. The fourth-order valence-electron chi connectivity index (χ4n) is 1.34. The molecule has 0 aromatic heterocycles. The highest BCUT2D eigenvalue weighted by Gasteiger charge is 2.18. The number of hydrogen-bond acceptors (Lipinski definition) is 4. The van der Waals surface area contributed by atoms with Crippen molar-refractivity contribution >= 4 is 38.8 Å². The van der Waals surface area contributed by atoms with E-state index in [2.05, 4.69) is 4.72 Å². The van der Waals surface area contributed by atoms with Gasteiger partial charge in [0.25, 0.3) is 0 Å². The zero-order chi connectivity index (χ0) is 14.6. The maximum absolute atomic E-state index is 12.1. The lowest BCUT2D eigenvalue weighted by molar-refractivity contribution is 0.412. The Labute approximate surface area is 123 Å². The highest BCUT2D eigenvalue weighted by molar-refractivity contribution is 7.89. The molecule has 0 aliphatic carbocycles. The van der Waals surface area contributed by atoms with Crippen LogP contribution in [0.2, 0.25) is 5.02 Å². The zero-order valence-electron chi connectivity index (χ0n) is 10.7. The molecule has 5 nitrogen and oxygen atoms in total. The molecular formula is C11H16ClN3O2S2.